The molecule has 0 amide bonds. The fraction of sp³-hybridized carbons (Fsp3) is 0.300. The number of aromatic nitrogens is 4. The van der Waals surface area contributed by atoms with E-state index in [0.29, 0.717) is 30.4 Å². The fourth-order valence-corrected chi connectivity index (χ4v) is 5.55. The Morgan fingerprint density at radius 1 is 1.00 bits per heavy atom. The molecule has 0 atom stereocenters. The first-order chi connectivity index (χ1) is 14.5. The number of Topliss-reactive ketones (excluding diaryl/α,β-unsaturated/α-hetero) is 1. The third-order valence-electron chi connectivity index (χ3n) is 4.89. The quantitative estimate of drug-likeness (QED) is 0.390. The molecule has 0 N–H and O–H groups in total. The van der Waals surface area contributed by atoms with Crippen molar-refractivity contribution in [3.8, 4) is 0 Å². The Labute approximate surface area is 179 Å². The van der Waals surface area contributed by atoms with Crippen molar-refractivity contribution in [1.82, 2.24) is 24.5 Å². The standard InChI is InChI=1S/C20H21N5O3S2/c26-19(15-29-20-21-22-23-25(20)14-16-6-2-1-3-7-16)17-8-10-18(11-9-17)30(27,28)24-12-4-5-13-24/h1-3,6-11H,4-5,12-15H2. The predicted molar refractivity (Wildman–Crippen MR) is 113 cm³/mol. The summed E-state index contributed by atoms with van der Waals surface area (Å²) in [4.78, 5) is 12.8. The molecule has 0 bridgehead atoms. The van der Waals surface area contributed by atoms with Crippen molar-refractivity contribution < 1.29 is 13.2 Å². The van der Waals surface area contributed by atoms with E-state index >= 15 is 0 Å². The maximum absolute atomic E-state index is 12.6. The molecule has 0 unspecified atom stereocenters. The number of hydrogen-bond acceptors (Lipinski definition) is 7. The smallest absolute Gasteiger partial charge is 0.243 e. The highest BCUT2D eigenvalue weighted by Gasteiger charge is 2.27. The monoisotopic (exact) mass is 443 g/mol. The van der Waals surface area contributed by atoms with Gasteiger partial charge in [-0.25, -0.2) is 13.1 Å². The van der Waals surface area contributed by atoms with Gasteiger partial charge in [0.1, 0.15) is 0 Å². The fourth-order valence-electron chi connectivity index (χ4n) is 3.26. The molecule has 3 aromatic rings. The molecule has 2 aromatic carbocycles. The average Bonchev–Trinajstić information content (AvgIpc) is 3.46. The van der Waals surface area contributed by atoms with Gasteiger partial charge in [-0.3, -0.25) is 4.79 Å². The van der Waals surface area contributed by atoms with E-state index in [2.05, 4.69) is 15.5 Å². The van der Waals surface area contributed by atoms with Gasteiger partial charge in [-0.1, -0.05) is 54.2 Å². The molecule has 1 aromatic heterocycles. The first kappa shape index (κ1) is 20.7. The number of sulfonamides is 1. The van der Waals surface area contributed by atoms with Crippen LogP contribution in [0, 0.1) is 0 Å². The van der Waals surface area contributed by atoms with Gasteiger partial charge in [0.25, 0.3) is 0 Å². The zero-order valence-electron chi connectivity index (χ0n) is 16.2. The topological polar surface area (TPSA) is 98.0 Å². The molecule has 1 saturated heterocycles. The van der Waals surface area contributed by atoms with Gasteiger partial charge < -0.3 is 0 Å². The highest BCUT2D eigenvalue weighted by atomic mass is 32.2. The lowest BCUT2D eigenvalue weighted by molar-refractivity contribution is 0.102. The van der Waals surface area contributed by atoms with Crippen LogP contribution in [0.2, 0.25) is 0 Å². The third-order valence-corrected chi connectivity index (χ3v) is 7.76. The predicted octanol–water partition coefficient (Wildman–Crippen LogP) is 2.48. The van der Waals surface area contributed by atoms with Crippen LogP contribution in [0.3, 0.4) is 0 Å². The van der Waals surface area contributed by atoms with Gasteiger partial charge in [0.2, 0.25) is 15.2 Å². The second-order valence-electron chi connectivity index (χ2n) is 6.95. The van der Waals surface area contributed by atoms with E-state index in [1.165, 1.54) is 28.2 Å². The van der Waals surface area contributed by atoms with Crippen LogP contribution in [0.25, 0.3) is 0 Å². The Bertz CT molecular complexity index is 1110. The largest absolute Gasteiger partial charge is 0.293 e. The van der Waals surface area contributed by atoms with E-state index in [0.717, 1.165) is 18.4 Å². The lowest BCUT2D eigenvalue weighted by Crippen LogP contribution is -2.27. The minimum absolute atomic E-state index is 0.112. The Morgan fingerprint density at radius 3 is 2.40 bits per heavy atom. The zero-order valence-corrected chi connectivity index (χ0v) is 17.8. The van der Waals surface area contributed by atoms with Crippen LogP contribution in [0.15, 0.2) is 64.6 Å². The van der Waals surface area contributed by atoms with Crippen molar-refractivity contribution in [2.45, 2.75) is 29.4 Å². The molecule has 2 heterocycles. The molecule has 1 aliphatic heterocycles. The molecule has 0 saturated carbocycles. The van der Waals surface area contributed by atoms with Crippen molar-refractivity contribution in [3.05, 3.63) is 65.7 Å². The van der Waals surface area contributed by atoms with Crippen molar-refractivity contribution in [2.24, 2.45) is 0 Å². The average molecular weight is 444 g/mol. The van der Waals surface area contributed by atoms with E-state index in [1.807, 2.05) is 30.3 Å². The summed E-state index contributed by atoms with van der Waals surface area (Å²) in [7, 11) is -3.48. The molecule has 1 aliphatic rings. The van der Waals surface area contributed by atoms with Gasteiger partial charge in [0, 0.05) is 18.7 Å². The Kier molecular flexibility index (Phi) is 6.26. The molecule has 156 valence electrons. The highest BCUT2D eigenvalue weighted by molar-refractivity contribution is 7.99. The number of thioether (sulfide) groups is 1. The summed E-state index contributed by atoms with van der Waals surface area (Å²) in [5.41, 5.74) is 1.53. The molecule has 10 heteroatoms. The number of ketones is 1. The van der Waals surface area contributed by atoms with Gasteiger partial charge in [0.15, 0.2) is 5.78 Å². The van der Waals surface area contributed by atoms with Gasteiger partial charge in [0.05, 0.1) is 17.2 Å². The molecule has 0 radical (unpaired) electrons. The number of tetrazole rings is 1. The number of nitrogens with zero attached hydrogens (tertiary/aromatic N) is 5. The molecule has 1 fully saturated rings. The van der Waals surface area contributed by atoms with Crippen LogP contribution in [-0.4, -0.2) is 57.6 Å². The van der Waals surface area contributed by atoms with Gasteiger partial charge in [-0.15, -0.1) is 5.10 Å². The first-order valence-electron chi connectivity index (χ1n) is 9.60. The summed E-state index contributed by atoms with van der Waals surface area (Å²) in [6.07, 6.45) is 1.77. The molecule has 30 heavy (non-hydrogen) atoms. The second-order valence-corrected chi connectivity index (χ2v) is 9.83. The maximum atomic E-state index is 12.6. The van der Waals surface area contributed by atoms with Crippen LogP contribution < -0.4 is 0 Å². The van der Waals surface area contributed by atoms with Crippen molar-refractivity contribution in [3.63, 3.8) is 0 Å². The van der Waals surface area contributed by atoms with E-state index in [1.54, 1.807) is 16.8 Å². The van der Waals surface area contributed by atoms with Gasteiger partial charge in [-0.05, 0) is 41.0 Å². The van der Waals surface area contributed by atoms with Crippen LogP contribution in [0.4, 0.5) is 0 Å². The minimum atomic E-state index is -3.48. The van der Waals surface area contributed by atoms with Crippen molar-refractivity contribution >= 4 is 27.6 Å². The van der Waals surface area contributed by atoms with E-state index in [4.69, 9.17) is 0 Å². The summed E-state index contributed by atoms with van der Waals surface area (Å²) in [5, 5.41) is 12.2. The Balaban J connectivity index is 1.39. The molecule has 0 spiro atoms. The highest BCUT2D eigenvalue weighted by Crippen LogP contribution is 2.22. The number of hydrogen-bond donors (Lipinski definition) is 0. The maximum Gasteiger partial charge on any atom is 0.243 e. The second kappa shape index (κ2) is 9.07. The normalized spacial score (nSPS) is 14.8. The van der Waals surface area contributed by atoms with Gasteiger partial charge in [-0.2, -0.15) is 4.31 Å². The summed E-state index contributed by atoms with van der Waals surface area (Å²) >= 11 is 1.26. The molecular formula is C20H21N5O3S2. The summed E-state index contributed by atoms with van der Waals surface area (Å²) in [6.45, 7) is 1.63. The minimum Gasteiger partial charge on any atom is -0.293 e. The van der Waals surface area contributed by atoms with Crippen LogP contribution in [0.1, 0.15) is 28.8 Å². The first-order valence-corrected chi connectivity index (χ1v) is 12.0. The lowest BCUT2D eigenvalue weighted by atomic mass is 10.1. The SMILES string of the molecule is O=C(CSc1nnnn1Cc1ccccc1)c1ccc(S(=O)(=O)N2CCCC2)cc1. The van der Waals surface area contributed by atoms with E-state index in [9.17, 15) is 13.2 Å². The molecular weight excluding hydrogens is 422 g/mol. The van der Waals surface area contributed by atoms with E-state index < -0.39 is 10.0 Å². The summed E-state index contributed by atoms with van der Waals surface area (Å²) < 4.78 is 28.3. The zero-order chi connectivity index (χ0) is 21.0. The summed E-state index contributed by atoms with van der Waals surface area (Å²) in [6, 6.07) is 16.0. The number of carbonyl (C=O) groups excluding carboxylic acids is 1. The number of rotatable bonds is 8. The molecule has 0 aliphatic carbocycles. The van der Waals surface area contributed by atoms with Crippen LogP contribution in [-0.2, 0) is 16.6 Å². The lowest BCUT2D eigenvalue weighted by Gasteiger charge is -2.15. The van der Waals surface area contributed by atoms with Crippen LogP contribution >= 0.6 is 11.8 Å². The summed E-state index contributed by atoms with van der Waals surface area (Å²) in [5.74, 6) is 0.0484. The molecule has 8 nitrogen and oxygen atoms in total. The number of benzene rings is 2. The van der Waals surface area contributed by atoms with Crippen molar-refractivity contribution in [2.75, 3.05) is 18.8 Å². The van der Waals surface area contributed by atoms with Gasteiger partial charge >= 0.3 is 0 Å². The molecule has 4 rings (SSSR count). The van der Waals surface area contributed by atoms with Crippen LogP contribution in [0.5, 0.6) is 0 Å². The third kappa shape index (κ3) is 4.61. The Hall–Kier alpha value is -2.56. The Morgan fingerprint density at radius 2 is 1.70 bits per heavy atom. The van der Waals surface area contributed by atoms with Crippen molar-refractivity contribution in [1.29, 1.82) is 0 Å². The number of carbonyl (C=O) groups is 1. The van der Waals surface area contributed by atoms with E-state index in [-0.39, 0.29) is 16.4 Å².